The summed E-state index contributed by atoms with van der Waals surface area (Å²) in [4.78, 5) is 12.8. The van der Waals surface area contributed by atoms with Gasteiger partial charge >= 0.3 is 0 Å². The molecule has 6 heteroatoms. The summed E-state index contributed by atoms with van der Waals surface area (Å²) in [5.74, 6) is 0.745. The fourth-order valence-corrected chi connectivity index (χ4v) is 1.70. The Hall–Kier alpha value is -2.08. The first-order valence-corrected chi connectivity index (χ1v) is 5.85. The molecule has 0 radical (unpaired) electrons. The molecule has 0 aliphatic rings. The highest BCUT2D eigenvalue weighted by atomic mass is 32.1. The number of nitrogens with zero attached hydrogens (tertiary/aromatic N) is 3. The molecule has 0 aromatic carbocycles. The Morgan fingerprint density at radius 2 is 2.17 bits per heavy atom. The maximum Gasteiger partial charge on any atom is 0.125 e. The predicted molar refractivity (Wildman–Crippen MR) is 74.2 cm³/mol. The summed E-state index contributed by atoms with van der Waals surface area (Å²) in [6, 6.07) is 5.57. The Morgan fingerprint density at radius 3 is 2.89 bits per heavy atom. The fourth-order valence-electron chi connectivity index (χ4n) is 1.53. The Kier molecular flexibility index (Phi) is 3.78. The summed E-state index contributed by atoms with van der Waals surface area (Å²) in [5.41, 5.74) is 7.92. The van der Waals surface area contributed by atoms with Gasteiger partial charge in [0.1, 0.15) is 16.5 Å². The van der Waals surface area contributed by atoms with Crippen LogP contribution in [-0.4, -0.2) is 19.9 Å². The second kappa shape index (κ2) is 5.50. The van der Waals surface area contributed by atoms with E-state index in [0.29, 0.717) is 12.2 Å². The number of aromatic nitrogens is 3. The minimum atomic E-state index is 0.275. The quantitative estimate of drug-likeness (QED) is 0.809. The molecule has 0 spiro atoms. The van der Waals surface area contributed by atoms with Crippen LogP contribution < -0.4 is 11.1 Å². The van der Waals surface area contributed by atoms with Crippen LogP contribution in [0.5, 0.6) is 0 Å². The van der Waals surface area contributed by atoms with Crippen LogP contribution in [0.4, 0.5) is 5.69 Å². The van der Waals surface area contributed by atoms with Gasteiger partial charge < -0.3 is 11.1 Å². The maximum absolute atomic E-state index is 5.61. The third-order valence-corrected chi connectivity index (χ3v) is 2.53. The Labute approximate surface area is 110 Å². The van der Waals surface area contributed by atoms with Crippen LogP contribution >= 0.6 is 12.2 Å². The van der Waals surface area contributed by atoms with Crippen molar-refractivity contribution in [3.05, 3.63) is 47.8 Å². The van der Waals surface area contributed by atoms with Crippen LogP contribution in [0.15, 0.2) is 30.6 Å². The lowest BCUT2D eigenvalue weighted by molar-refractivity contribution is 0.954. The molecule has 0 saturated carbocycles. The lowest BCUT2D eigenvalue weighted by atomic mass is 10.3. The molecule has 92 valence electrons. The van der Waals surface area contributed by atoms with E-state index in [2.05, 4.69) is 20.3 Å². The molecule has 0 aliphatic carbocycles. The molecule has 3 N–H and O–H groups in total. The number of nitrogens with one attached hydrogen (secondary N) is 1. The molecular formula is C12H13N5S. The Morgan fingerprint density at radius 1 is 1.33 bits per heavy atom. The highest BCUT2D eigenvalue weighted by Crippen LogP contribution is 2.12. The largest absolute Gasteiger partial charge is 0.388 e. The van der Waals surface area contributed by atoms with Crippen LogP contribution in [0.25, 0.3) is 0 Å². The average molecular weight is 259 g/mol. The molecule has 18 heavy (non-hydrogen) atoms. The molecule has 2 rings (SSSR count). The van der Waals surface area contributed by atoms with Crippen molar-refractivity contribution in [2.75, 3.05) is 5.32 Å². The van der Waals surface area contributed by atoms with E-state index in [0.717, 1.165) is 17.2 Å². The first-order valence-electron chi connectivity index (χ1n) is 5.44. The minimum Gasteiger partial charge on any atom is -0.388 e. The van der Waals surface area contributed by atoms with Gasteiger partial charge in [-0.25, -0.2) is 9.97 Å². The van der Waals surface area contributed by atoms with E-state index in [1.807, 2.05) is 25.1 Å². The number of hydrogen-bond acceptors (Lipinski definition) is 5. The van der Waals surface area contributed by atoms with E-state index in [-0.39, 0.29) is 4.99 Å². The maximum atomic E-state index is 5.61. The number of rotatable bonds is 4. The average Bonchev–Trinajstić information content (AvgIpc) is 2.37. The third kappa shape index (κ3) is 2.98. The van der Waals surface area contributed by atoms with E-state index in [1.54, 1.807) is 12.4 Å². The number of aryl methyl sites for hydroxylation is 1. The first kappa shape index (κ1) is 12.4. The van der Waals surface area contributed by atoms with Crippen LogP contribution in [0.2, 0.25) is 0 Å². The van der Waals surface area contributed by atoms with Gasteiger partial charge in [-0.1, -0.05) is 12.2 Å². The predicted octanol–water partition coefficient (Wildman–Crippen LogP) is 1.43. The van der Waals surface area contributed by atoms with Gasteiger partial charge in [0.05, 0.1) is 17.9 Å². The topological polar surface area (TPSA) is 76.7 Å². The van der Waals surface area contributed by atoms with Gasteiger partial charge in [-0.05, 0) is 25.1 Å². The van der Waals surface area contributed by atoms with E-state index < -0.39 is 0 Å². The zero-order valence-corrected chi connectivity index (χ0v) is 10.7. The number of nitrogens with two attached hydrogens (primary N) is 1. The van der Waals surface area contributed by atoms with Crippen molar-refractivity contribution < 1.29 is 0 Å². The fraction of sp³-hybridized carbons (Fsp3) is 0.167. The van der Waals surface area contributed by atoms with Crippen molar-refractivity contribution in [3.8, 4) is 0 Å². The van der Waals surface area contributed by atoms with Crippen molar-refractivity contribution >= 4 is 22.9 Å². The zero-order valence-electron chi connectivity index (χ0n) is 9.92. The first-order chi connectivity index (χ1) is 8.66. The van der Waals surface area contributed by atoms with Crippen LogP contribution in [0, 0.1) is 6.92 Å². The Balaban J connectivity index is 2.13. The number of pyridine rings is 1. The highest BCUT2D eigenvalue weighted by Gasteiger charge is 2.05. The van der Waals surface area contributed by atoms with E-state index in [4.69, 9.17) is 18.0 Å². The SMILES string of the molecule is Cc1nccc(CNc2cccnc2C(N)=S)n1. The van der Waals surface area contributed by atoms with Gasteiger partial charge in [0.25, 0.3) is 0 Å². The normalized spacial score (nSPS) is 10.1. The molecular weight excluding hydrogens is 246 g/mol. The van der Waals surface area contributed by atoms with Crippen LogP contribution in [-0.2, 0) is 6.54 Å². The lowest BCUT2D eigenvalue weighted by Crippen LogP contribution is -2.15. The van der Waals surface area contributed by atoms with Gasteiger partial charge in [-0.15, -0.1) is 0 Å². The van der Waals surface area contributed by atoms with Crippen molar-refractivity contribution in [2.45, 2.75) is 13.5 Å². The molecule has 2 aromatic rings. The summed E-state index contributed by atoms with van der Waals surface area (Å²) >= 11 is 4.95. The van der Waals surface area contributed by atoms with Gasteiger partial charge in [0.15, 0.2) is 0 Å². The molecule has 0 unspecified atom stereocenters. The summed E-state index contributed by atoms with van der Waals surface area (Å²) < 4.78 is 0. The smallest absolute Gasteiger partial charge is 0.125 e. The van der Waals surface area contributed by atoms with Gasteiger partial charge in [-0.2, -0.15) is 0 Å². The van der Waals surface area contributed by atoms with Crippen molar-refractivity contribution in [1.29, 1.82) is 0 Å². The summed E-state index contributed by atoms with van der Waals surface area (Å²) in [5, 5.41) is 3.22. The summed E-state index contributed by atoms with van der Waals surface area (Å²) in [6.07, 6.45) is 3.39. The summed E-state index contributed by atoms with van der Waals surface area (Å²) in [6.45, 7) is 2.43. The van der Waals surface area contributed by atoms with E-state index >= 15 is 0 Å². The monoisotopic (exact) mass is 259 g/mol. The molecule has 5 nitrogen and oxygen atoms in total. The molecule has 0 saturated heterocycles. The van der Waals surface area contributed by atoms with Crippen LogP contribution in [0.3, 0.4) is 0 Å². The number of anilines is 1. The van der Waals surface area contributed by atoms with Crippen LogP contribution in [0.1, 0.15) is 17.2 Å². The molecule has 0 bridgehead atoms. The summed E-state index contributed by atoms with van der Waals surface area (Å²) in [7, 11) is 0. The molecule has 0 amide bonds. The molecule has 2 aromatic heterocycles. The molecule has 0 fully saturated rings. The van der Waals surface area contributed by atoms with Crippen molar-refractivity contribution in [1.82, 2.24) is 15.0 Å². The van der Waals surface area contributed by atoms with E-state index in [1.165, 1.54) is 0 Å². The number of hydrogen-bond donors (Lipinski definition) is 2. The van der Waals surface area contributed by atoms with E-state index in [9.17, 15) is 0 Å². The minimum absolute atomic E-state index is 0.275. The second-order valence-electron chi connectivity index (χ2n) is 3.71. The standard InChI is InChI=1S/C12H13N5S/c1-8-14-6-4-9(17-8)7-16-10-3-2-5-15-11(10)12(13)18/h2-6,16H,7H2,1H3,(H2,13,18). The molecule has 0 atom stereocenters. The number of thiocarbonyl (C=S) groups is 1. The second-order valence-corrected chi connectivity index (χ2v) is 4.15. The third-order valence-electron chi connectivity index (χ3n) is 2.33. The van der Waals surface area contributed by atoms with Gasteiger partial charge in [0, 0.05) is 12.4 Å². The van der Waals surface area contributed by atoms with Crippen molar-refractivity contribution in [3.63, 3.8) is 0 Å². The molecule has 2 heterocycles. The highest BCUT2D eigenvalue weighted by molar-refractivity contribution is 7.80. The van der Waals surface area contributed by atoms with Gasteiger partial charge in [-0.3, -0.25) is 4.98 Å². The zero-order chi connectivity index (χ0) is 13.0. The van der Waals surface area contributed by atoms with Crippen molar-refractivity contribution in [2.24, 2.45) is 5.73 Å². The van der Waals surface area contributed by atoms with Gasteiger partial charge in [0.2, 0.25) is 0 Å². The lowest BCUT2D eigenvalue weighted by Gasteiger charge is -2.09. The molecule has 0 aliphatic heterocycles. The Bertz CT molecular complexity index is 570.